The van der Waals surface area contributed by atoms with E-state index in [1.807, 2.05) is 0 Å². The minimum atomic E-state index is -1.13. The normalized spacial score (nSPS) is 13.7. The van der Waals surface area contributed by atoms with Crippen LogP contribution in [-0.2, 0) is 14.3 Å². The summed E-state index contributed by atoms with van der Waals surface area (Å²) in [6.45, 7) is 3.31. The Labute approximate surface area is 106 Å². The molecule has 0 saturated heterocycles. The smallest absolute Gasteiger partial charge is 0.345 e. The number of hydrogen-bond donors (Lipinski definition) is 2. The highest BCUT2D eigenvalue weighted by molar-refractivity contribution is 5.82. The summed E-state index contributed by atoms with van der Waals surface area (Å²) in [6, 6.07) is 6.88. The van der Waals surface area contributed by atoms with Crippen molar-refractivity contribution in [2.45, 2.75) is 32.3 Å². The number of carboxylic acids is 1. The van der Waals surface area contributed by atoms with Gasteiger partial charge in [0, 0.05) is 5.69 Å². The number of ether oxygens (including phenoxy) is 1. The van der Waals surface area contributed by atoms with Crippen LogP contribution in [0.15, 0.2) is 24.3 Å². The number of anilines is 1. The van der Waals surface area contributed by atoms with Crippen molar-refractivity contribution in [3.05, 3.63) is 29.8 Å². The summed E-state index contributed by atoms with van der Waals surface area (Å²) in [6.07, 6.45) is -0.855. The molecule has 0 radical (unpaired) electrons. The molecule has 0 aliphatic rings. The molecule has 0 amide bonds. The number of carboxylic acid groups (broad SMARTS) is 1. The van der Waals surface area contributed by atoms with Gasteiger partial charge in [0.15, 0.2) is 6.10 Å². The Bertz CT molecular complexity index is 444. The predicted octanol–water partition coefficient (Wildman–Crippen LogP) is 1.78. The monoisotopic (exact) mass is 251 g/mol. The van der Waals surface area contributed by atoms with Crippen LogP contribution in [0.25, 0.3) is 0 Å². The molecule has 1 aromatic rings. The lowest BCUT2D eigenvalue weighted by molar-refractivity contribution is -0.165. The third kappa shape index (κ3) is 3.48. The molecule has 0 aromatic heterocycles. The number of rotatable bonds is 5. The van der Waals surface area contributed by atoms with Gasteiger partial charge in [-0.3, -0.25) is 4.79 Å². The lowest BCUT2D eigenvalue weighted by atomic mass is 10.0. The van der Waals surface area contributed by atoms with E-state index < -0.39 is 24.0 Å². The molecule has 0 aliphatic heterocycles. The molecule has 2 atom stereocenters. The number of nitrogens with two attached hydrogens (primary N) is 1. The number of esters is 1. The molecule has 1 rings (SSSR count). The Morgan fingerprint density at radius 1 is 1.44 bits per heavy atom. The van der Waals surface area contributed by atoms with Crippen molar-refractivity contribution in [1.82, 2.24) is 0 Å². The topological polar surface area (TPSA) is 89.6 Å². The minimum absolute atomic E-state index is 0.241. The van der Waals surface area contributed by atoms with Gasteiger partial charge in [-0.05, 0) is 31.0 Å². The lowest BCUT2D eigenvalue weighted by Gasteiger charge is -2.16. The molecule has 98 valence electrons. The van der Waals surface area contributed by atoms with Crippen molar-refractivity contribution in [1.29, 1.82) is 0 Å². The maximum Gasteiger partial charge on any atom is 0.345 e. The standard InChI is InChI=1S/C13H17NO4/c1-3-11(12(15)16)18-13(17)8(2)9-5-4-6-10(14)7-9/h4-8,11H,3,14H2,1-2H3,(H,15,16). The van der Waals surface area contributed by atoms with E-state index in [1.54, 1.807) is 38.1 Å². The second-order valence-electron chi connectivity index (χ2n) is 4.06. The summed E-state index contributed by atoms with van der Waals surface area (Å²) < 4.78 is 4.94. The van der Waals surface area contributed by atoms with Gasteiger partial charge in [0.2, 0.25) is 0 Å². The van der Waals surface area contributed by atoms with Crippen LogP contribution >= 0.6 is 0 Å². The first kappa shape index (κ1) is 14.0. The number of carbonyl (C=O) groups excluding carboxylic acids is 1. The van der Waals surface area contributed by atoms with Gasteiger partial charge < -0.3 is 15.6 Å². The molecule has 0 fully saturated rings. The van der Waals surface area contributed by atoms with Crippen molar-refractivity contribution in [3.8, 4) is 0 Å². The maximum absolute atomic E-state index is 11.8. The van der Waals surface area contributed by atoms with Crippen LogP contribution in [0.1, 0.15) is 31.7 Å². The molecule has 2 unspecified atom stereocenters. The molecule has 5 nitrogen and oxygen atoms in total. The van der Waals surface area contributed by atoms with Gasteiger partial charge in [-0.25, -0.2) is 4.79 Å². The molecule has 0 heterocycles. The largest absolute Gasteiger partial charge is 0.479 e. The Morgan fingerprint density at radius 2 is 2.11 bits per heavy atom. The summed E-state index contributed by atoms with van der Waals surface area (Å²) in [5.41, 5.74) is 6.89. The van der Waals surface area contributed by atoms with E-state index in [0.717, 1.165) is 0 Å². The Hall–Kier alpha value is -2.04. The fraction of sp³-hybridized carbons (Fsp3) is 0.385. The van der Waals surface area contributed by atoms with Crippen molar-refractivity contribution >= 4 is 17.6 Å². The van der Waals surface area contributed by atoms with Crippen LogP contribution in [-0.4, -0.2) is 23.1 Å². The number of aliphatic carboxylic acids is 1. The summed E-state index contributed by atoms with van der Waals surface area (Å²) in [5.74, 6) is -2.23. The first-order chi connectivity index (χ1) is 8.45. The SMILES string of the molecule is CCC(OC(=O)C(C)c1cccc(N)c1)C(=O)O. The highest BCUT2D eigenvalue weighted by Crippen LogP contribution is 2.20. The average molecular weight is 251 g/mol. The molecular formula is C13H17NO4. The zero-order valence-corrected chi connectivity index (χ0v) is 10.4. The van der Waals surface area contributed by atoms with Gasteiger partial charge in [0.25, 0.3) is 0 Å². The second-order valence-corrected chi connectivity index (χ2v) is 4.06. The summed E-state index contributed by atoms with van der Waals surface area (Å²) >= 11 is 0. The molecule has 3 N–H and O–H groups in total. The van der Waals surface area contributed by atoms with Crippen molar-refractivity contribution < 1.29 is 19.4 Å². The van der Waals surface area contributed by atoms with Gasteiger partial charge in [-0.1, -0.05) is 19.1 Å². The fourth-order valence-corrected chi connectivity index (χ4v) is 1.52. The fourth-order valence-electron chi connectivity index (χ4n) is 1.52. The van der Waals surface area contributed by atoms with Crippen molar-refractivity contribution in [2.75, 3.05) is 5.73 Å². The highest BCUT2D eigenvalue weighted by Gasteiger charge is 2.24. The van der Waals surface area contributed by atoms with Crippen LogP contribution in [0.3, 0.4) is 0 Å². The quantitative estimate of drug-likeness (QED) is 0.615. The van der Waals surface area contributed by atoms with Crippen molar-refractivity contribution in [3.63, 3.8) is 0 Å². The van der Waals surface area contributed by atoms with E-state index in [2.05, 4.69) is 0 Å². The number of nitrogen functional groups attached to an aromatic ring is 1. The van der Waals surface area contributed by atoms with Crippen LogP contribution in [0.2, 0.25) is 0 Å². The molecule has 0 bridgehead atoms. The number of benzene rings is 1. The average Bonchev–Trinajstić information content (AvgIpc) is 2.34. The van der Waals surface area contributed by atoms with Crippen LogP contribution in [0.5, 0.6) is 0 Å². The van der Waals surface area contributed by atoms with E-state index in [1.165, 1.54) is 0 Å². The van der Waals surface area contributed by atoms with E-state index >= 15 is 0 Å². The first-order valence-corrected chi connectivity index (χ1v) is 5.74. The van der Waals surface area contributed by atoms with Gasteiger partial charge in [0.05, 0.1) is 5.92 Å². The zero-order chi connectivity index (χ0) is 13.7. The third-order valence-corrected chi connectivity index (χ3v) is 2.67. The third-order valence-electron chi connectivity index (χ3n) is 2.67. The van der Waals surface area contributed by atoms with Crippen molar-refractivity contribution in [2.24, 2.45) is 0 Å². The molecule has 0 aliphatic carbocycles. The molecule has 5 heteroatoms. The van der Waals surface area contributed by atoms with Crippen LogP contribution in [0, 0.1) is 0 Å². The van der Waals surface area contributed by atoms with E-state index in [4.69, 9.17) is 15.6 Å². The van der Waals surface area contributed by atoms with Gasteiger partial charge in [-0.15, -0.1) is 0 Å². The molecule has 0 spiro atoms. The van der Waals surface area contributed by atoms with Crippen LogP contribution < -0.4 is 5.73 Å². The van der Waals surface area contributed by atoms with E-state index in [9.17, 15) is 9.59 Å². The molecule has 1 aromatic carbocycles. The minimum Gasteiger partial charge on any atom is -0.479 e. The number of carbonyl (C=O) groups is 2. The number of hydrogen-bond acceptors (Lipinski definition) is 4. The summed E-state index contributed by atoms with van der Waals surface area (Å²) in [4.78, 5) is 22.6. The zero-order valence-electron chi connectivity index (χ0n) is 10.4. The summed E-state index contributed by atoms with van der Waals surface area (Å²) in [5, 5.41) is 8.82. The second kappa shape index (κ2) is 6.05. The van der Waals surface area contributed by atoms with Gasteiger partial charge in [0.1, 0.15) is 0 Å². The molecular weight excluding hydrogens is 234 g/mol. The van der Waals surface area contributed by atoms with Gasteiger partial charge in [-0.2, -0.15) is 0 Å². The lowest BCUT2D eigenvalue weighted by Crippen LogP contribution is -2.28. The highest BCUT2D eigenvalue weighted by atomic mass is 16.6. The maximum atomic E-state index is 11.8. The van der Waals surface area contributed by atoms with E-state index in [-0.39, 0.29) is 6.42 Å². The first-order valence-electron chi connectivity index (χ1n) is 5.74. The Kier molecular flexibility index (Phi) is 4.71. The Morgan fingerprint density at radius 3 is 2.61 bits per heavy atom. The molecule has 0 saturated carbocycles. The van der Waals surface area contributed by atoms with Gasteiger partial charge >= 0.3 is 11.9 Å². The summed E-state index contributed by atoms with van der Waals surface area (Å²) in [7, 11) is 0. The van der Waals surface area contributed by atoms with E-state index in [0.29, 0.717) is 11.3 Å². The Balaban J connectivity index is 2.75. The molecule has 18 heavy (non-hydrogen) atoms. The van der Waals surface area contributed by atoms with Crippen LogP contribution in [0.4, 0.5) is 5.69 Å². The predicted molar refractivity (Wildman–Crippen MR) is 67.1 cm³/mol.